The average molecular weight is 268 g/mol. The van der Waals surface area contributed by atoms with Crippen LogP contribution in [0.15, 0.2) is 0 Å². The van der Waals surface area contributed by atoms with E-state index in [0.717, 1.165) is 7.11 Å². The summed E-state index contributed by atoms with van der Waals surface area (Å²) >= 11 is 0. The number of esters is 2. The van der Waals surface area contributed by atoms with E-state index in [-0.39, 0.29) is 25.2 Å². The van der Waals surface area contributed by atoms with E-state index in [0.29, 0.717) is 19.6 Å². The van der Waals surface area contributed by atoms with Crippen molar-refractivity contribution in [3.63, 3.8) is 0 Å². The van der Waals surface area contributed by atoms with E-state index in [1.165, 1.54) is 6.92 Å². The highest BCUT2D eigenvalue weighted by Crippen LogP contribution is 1.81. The number of carbonyl (C=O) groups is 2. The third-order valence-electron chi connectivity index (χ3n) is 1.24. The van der Waals surface area contributed by atoms with Crippen LogP contribution in [0.1, 0.15) is 20.3 Å². The van der Waals surface area contributed by atoms with E-state index in [1.807, 2.05) is 0 Å². The third kappa shape index (κ3) is 29.4. The van der Waals surface area contributed by atoms with Crippen molar-refractivity contribution in [1.82, 2.24) is 0 Å². The fourth-order valence-electron chi connectivity index (χ4n) is 0.530. The molecule has 0 saturated heterocycles. The molecule has 0 aliphatic heterocycles. The highest BCUT2D eigenvalue weighted by molar-refractivity contribution is 5.68. The summed E-state index contributed by atoms with van der Waals surface area (Å²) in [5.74, 6) is -0.527. The lowest BCUT2D eigenvalue weighted by Gasteiger charge is -1.97. The van der Waals surface area contributed by atoms with Crippen molar-refractivity contribution in [2.24, 2.45) is 0 Å². The fourth-order valence-corrected chi connectivity index (χ4v) is 0.530. The number of aliphatic hydroxyl groups is 2. The molecule has 0 atom stereocenters. The smallest absolute Gasteiger partial charge is 0.305 e. The van der Waals surface area contributed by atoms with Crippen molar-refractivity contribution < 1.29 is 34.0 Å². The van der Waals surface area contributed by atoms with Crippen LogP contribution in [0.4, 0.5) is 0 Å². The number of hydrogen-bond acceptors (Lipinski definition) is 7. The van der Waals surface area contributed by atoms with Gasteiger partial charge >= 0.3 is 11.9 Å². The van der Waals surface area contributed by atoms with E-state index < -0.39 is 0 Å². The molecule has 0 radical (unpaired) electrons. The highest BCUT2D eigenvalue weighted by atomic mass is 16.6. The van der Waals surface area contributed by atoms with Gasteiger partial charge in [0.1, 0.15) is 13.2 Å². The molecule has 110 valence electrons. The monoisotopic (exact) mass is 268 g/mol. The van der Waals surface area contributed by atoms with Gasteiger partial charge < -0.3 is 24.4 Å². The Morgan fingerprint density at radius 2 is 1.61 bits per heavy atom. The van der Waals surface area contributed by atoms with Gasteiger partial charge in [0.05, 0.1) is 13.2 Å². The van der Waals surface area contributed by atoms with Crippen LogP contribution < -0.4 is 0 Å². The Kier molecular flexibility index (Phi) is 25.9. The second-order valence-electron chi connectivity index (χ2n) is 2.63. The molecule has 7 heteroatoms. The fraction of sp³-hybridized carbons (Fsp3) is 0.818. The Labute approximate surface area is 108 Å². The van der Waals surface area contributed by atoms with Gasteiger partial charge in [0.25, 0.3) is 0 Å². The van der Waals surface area contributed by atoms with Crippen LogP contribution in [0.25, 0.3) is 0 Å². The van der Waals surface area contributed by atoms with Gasteiger partial charge in [0, 0.05) is 27.6 Å². The molecule has 18 heavy (non-hydrogen) atoms. The van der Waals surface area contributed by atoms with Crippen LogP contribution in [-0.4, -0.2) is 62.8 Å². The lowest BCUT2D eigenvalue weighted by molar-refractivity contribution is -0.144. The van der Waals surface area contributed by atoms with E-state index in [2.05, 4.69) is 14.2 Å². The minimum absolute atomic E-state index is 0.0915. The van der Waals surface area contributed by atoms with Crippen molar-refractivity contribution in [3.05, 3.63) is 0 Å². The molecule has 0 heterocycles. The summed E-state index contributed by atoms with van der Waals surface area (Å²) < 4.78 is 13.6. The Balaban J connectivity index is -0.000000219. The van der Waals surface area contributed by atoms with Crippen LogP contribution in [0.3, 0.4) is 0 Å². The first-order chi connectivity index (χ1) is 8.58. The number of carbonyl (C=O) groups excluding carboxylic acids is 2. The van der Waals surface area contributed by atoms with E-state index in [1.54, 1.807) is 14.0 Å². The number of hydrogen-bond donors (Lipinski definition) is 2. The largest absolute Gasteiger partial charge is 0.463 e. The van der Waals surface area contributed by atoms with Crippen molar-refractivity contribution in [2.75, 3.05) is 40.6 Å². The maximum Gasteiger partial charge on any atom is 0.305 e. The van der Waals surface area contributed by atoms with Gasteiger partial charge in [-0.25, -0.2) is 0 Å². The van der Waals surface area contributed by atoms with Gasteiger partial charge in [-0.3, -0.25) is 9.59 Å². The second kappa shape index (κ2) is 21.1. The quantitative estimate of drug-likeness (QED) is 0.505. The van der Waals surface area contributed by atoms with Crippen molar-refractivity contribution in [1.29, 1.82) is 0 Å². The molecule has 0 fully saturated rings. The van der Waals surface area contributed by atoms with Crippen LogP contribution in [-0.2, 0) is 23.8 Å². The van der Waals surface area contributed by atoms with Crippen molar-refractivity contribution in [3.8, 4) is 0 Å². The zero-order chi connectivity index (χ0) is 14.8. The Hall–Kier alpha value is -1.18. The maximum atomic E-state index is 10.2. The van der Waals surface area contributed by atoms with Crippen LogP contribution in [0.5, 0.6) is 0 Å². The van der Waals surface area contributed by atoms with E-state index in [9.17, 15) is 9.59 Å². The van der Waals surface area contributed by atoms with Gasteiger partial charge in [-0.05, 0) is 0 Å². The highest BCUT2D eigenvalue weighted by Gasteiger charge is 1.93. The SMILES string of the molecule is CCC(=O)OCCO.CO.COCCOC(C)=O. The molecule has 2 N–H and O–H groups in total. The zero-order valence-electron chi connectivity index (χ0n) is 11.5. The first kappa shape index (κ1) is 22.0. The van der Waals surface area contributed by atoms with E-state index in [4.69, 9.17) is 10.2 Å². The minimum atomic E-state index is -0.265. The molecule has 0 bridgehead atoms. The first-order valence-corrected chi connectivity index (χ1v) is 5.41. The minimum Gasteiger partial charge on any atom is -0.463 e. The standard InChI is InChI=1S/2C5H10O3.CH4O/c1-5(6)8-4-3-7-2;1-2-5(7)8-4-3-6;1-2/h3-4H2,1-2H3;6H,2-4H2,1H3;2H,1H3. The van der Waals surface area contributed by atoms with Crippen LogP contribution in [0.2, 0.25) is 0 Å². The molecule has 7 nitrogen and oxygen atoms in total. The number of methoxy groups -OCH3 is 1. The molecular formula is C11H24O7. The average Bonchev–Trinajstić information content (AvgIpc) is 2.39. The second-order valence-corrected chi connectivity index (χ2v) is 2.63. The topological polar surface area (TPSA) is 102 Å². The maximum absolute atomic E-state index is 10.2. The van der Waals surface area contributed by atoms with Crippen LogP contribution >= 0.6 is 0 Å². The molecule has 0 aromatic heterocycles. The number of rotatable bonds is 6. The van der Waals surface area contributed by atoms with Gasteiger partial charge in [-0.1, -0.05) is 6.92 Å². The molecule has 0 unspecified atom stereocenters. The van der Waals surface area contributed by atoms with Gasteiger partial charge in [-0.15, -0.1) is 0 Å². The summed E-state index contributed by atoms with van der Waals surface area (Å²) in [6.07, 6.45) is 0.375. The van der Waals surface area contributed by atoms with Gasteiger partial charge in [0.15, 0.2) is 0 Å². The Morgan fingerprint density at radius 1 is 1.06 bits per heavy atom. The van der Waals surface area contributed by atoms with Crippen molar-refractivity contribution in [2.45, 2.75) is 20.3 Å². The first-order valence-electron chi connectivity index (χ1n) is 5.41. The third-order valence-corrected chi connectivity index (χ3v) is 1.24. The molecule has 0 aliphatic carbocycles. The van der Waals surface area contributed by atoms with Gasteiger partial charge in [-0.2, -0.15) is 0 Å². The zero-order valence-corrected chi connectivity index (χ0v) is 11.5. The number of ether oxygens (including phenoxy) is 3. The molecule has 0 spiro atoms. The predicted octanol–water partition coefficient (Wildman–Crippen LogP) is -0.264. The molecule has 0 amide bonds. The summed E-state index contributed by atoms with van der Waals surface area (Å²) in [4.78, 5) is 20.3. The summed E-state index contributed by atoms with van der Waals surface area (Å²) in [7, 11) is 2.56. The van der Waals surface area contributed by atoms with Crippen molar-refractivity contribution >= 4 is 11.9 Å². The van der Waals surface area contributed by atoms with Gasteiger partial charge in [0.2, 0.25) is 0 Å². The lowest BCUT2D eigenvalue weighted by atomic mass is 10.5. The normalized spacial score (nSPS) is 8.11. The molecule has 0 rings (SSSR count). The molecule has 0 aromatic rings. The summed E-state index contributed by atoms with van der Waals surface area (Å²) in [6.45, 7) is 3.93. The number of aliphatic hydroxyl groups excluding tert-OH is 2. The molecule has 0 aromatic carbocycles. The van der Waals surface area contributed by atoms with E-state index >= 15 is 0 Å². The molecule has 0 saturated carbocycles. The lowest BCUT2D eigenvalue weighted by Crippen LogP contribution is -2.06. The Bertz CT molecular complexity index is 182. The molecule has 0 aliphatic rings. The Morgan fingerprint density at radius 3 is 1.94 bits per heavy atom. The summed E-state index contributed by atoms with van der Waals surface area (Å²) in [6, 6.07) is 0. The summed E-state index contributed by atoms with van der Waals surface area (Å²) in [5.41, 5.74) is 0. The van der Waals surface area contributed by atoms with Crippen LogP contribution in [0, 0.1) is 0 Å². The predicted molar refractivity (Wildman–Crippen MR) is 65.0 cm³/mol. The molecular weight excluding hydrogens is 244 g/mol. The summed E-state index contributed by atoms with van der Waals surface area (Å²) in [5, 5.41) is 15.1.